The van der Waals surface area contributed by atoms with Gasteiger partial charge in [-0.05, 0) is 111 Å². The molecule has 1 heterocycles. The van der Waals surface area contributed by atoms with Crippen LogP contribution >= 0.6 is 11.3 Å². The van der Waals surface area contributed by atoms with E-state index in [1.807, 2.05) is 11.3 Å². The van der Waals surface area contributed by atoms with E-state index in [1.165, 1.54) is 75.1 Å². The van der Waals surface area contributed by atoms with Crippen molar-refractivity contribution in [2.75, 3.05) is 9.80 Å². The van der Waals surface area contributed by atoms with E-state index in [2.05, 4.69) is 242 Å². The molecule has 62 heavy (non-hydrogen) atoms. The van der Waals surface area contributed by atoms with Gasteiger partial charge in [0.15, 0.2) is 0 Å². The molecule has 0 atom stereocenters. The molecule has 0 saturated carbocycles. The van der Waals surface area contributed by atoms with E-state index in [1.54, 1.807) is 0 Å². The van der Waals surface area contributed by atoms with Crippen molar-refractivity contribution in [3.63, 3.8) is 0 Å². The fourth-order valence-electron chi connectivity index (χ4n) is 10.0. The standard InChI is InChI=1S/C59H42N2S/c1-59(2)53-24-14-12-22-47(53)51-36-45(32-35-54(51)59)60(42-18-8-4-9-19-42)46-37-52-48(33-28-41-29-34-50-49-23-13-15-25-56(49)62-58(50)57(41)52)55(38-46)61(43-20-10-5-11-21-43)44-30-26-40(27-31-44)39-16-6-3-7-17-39/h3-38H,1-2H3. The van der Waals surface area contributed by atoms with Crippen LogP contribution in [0.15, 0.2) is 218 Å². The van der Waals surface area contributed by atoms with Gasteiger partial charge < -0.3 is 9.80 Å². The minimum absolute atomic E-state index is 0.0844. The number of nitrogens with zero attached hydrogens (tertiary/aromatic N) is 2. The predicted octanol–water partition coefficient (Wildman–Crippen LogP) is 17.3. The van der Waals surface area contributed by atoms with Crippen molar-refractivity contribution in [2.45, 2.75) is 19.3 Å². The van der Waals surface area contributed by atoms with Crippen LogP contribution in [0.1, 0.15) is 25.0 Å². The molecule has 0 bridgehead atoms. The second kappa shape index (κ2) is 14.3. The highest BCUT2D eigenvalue weighted by atomic mass is 32.1. The van der Waals surface area contributed by atoms with Gasteiger partial charge in [0.25, 0.3) is 0 Å². The molecule has 11 aromatic rings. The number of thiophene rings is 1. The molecule has 0 radical (unpaired) electrons. The number of benzene rings is 10. The van der Waals surface area contributed by atoms with Gasteiger partial charge in [0.1, 0.15) is 0 Å². The monoisotopic (exact) mass is 810 g/mol. The van der Waals surface area contributed by atoms with Crippen molar-refractivity contribution in [3.8, 4) is 22.3 Å². The van der Waals surface area contributed by atoms with Crippen LogP contribution in [0.4, 0.5) is 34.1 Å². The van der Waals surface area contributed by atoms with Crippen LogP contribution < -0.4 is 9.80 Å². The summed E-state index contributed by atoms with van der Waals surface area (Å²) < 4.78 is 2.62. The number of hydrogen-bond donors (Lipinski definition) is 0. The Hall–Kier alpha value is -7.46. The number of fused-ring (bicyclic) bond motifs is 10. The number of rotatable bonds is 7. The van der Waals surface area contributed by atoms with Crippen LogP contribution in [-0.4, -0.2) is 0 Å². The Morgan fingerprint density at radius 1 is 0.371 bits per heavy atom. The minimum Gasteiger partial charge on any atom is -0.310 e. The summed E-state index contributed by atoms with van der Waals surface area (Å²) in [5, 5.41) is 7.55. The Morgan fingerprint density at radius 2 is 0.952 bits per heavy atom. The van der Waals surface area contributed by atoms with E-state index in [4.69, 9.17) is 0 Å². The molecule has 0 N–H and O–H groups in total. The van der Waals surface area contributed by atoms with Gasteiger partial charge in [0.2, 0.25) is 0 Å². The Balaban J connectivity index is 1.17. The van der Waals surface area contributed by atoms with Crippen molar-refractivity contribution in [2.24, 2.45) is 0 Å². The second-order valence-corrected chi connectivity index (χ2v) is 18.0. The maximum atomic E-state index is 2.46. The Kier molecular flexibility index (Phi) is 8.41. The van der Waals surface area contributed by atoms with Crippen molar-refractivity contribution < 1.29 is 0 Å². The summed E-state index contributed by atoms with van der Waals surface area (Å²) in [5.74, 6) is 0. The van der Waals surface area contributed by atoms with Crippen molar-refractivity contribution in [1.82, 2.24) is 0 Å². The van der Waals surface area contributed by atoms with E-state index in [9.17, 15) is 0 Å². The first-order valence-corrected chi connectivity index (χ1v) is 22.2. The van der Waals surface area contributed by atoms with Crippen LogP contribution in [-0.2, 0) is 5.41 Å². The molecule has 0 fully saturated rings. The molecule has 0 spiro atoms. The van der Waals surface area contributed by atoms with Crippen LogP contribution in [0, 0.1) is 0 Å². The Morgan fingerprint density at radius 3 is 1.71 bits per heavy atom. The summed E-state index contributed by atoms with van der Waals surface area (Å²) in [4.78, 5) is 4.91. The molecule has 0 amide bonds. The smallest absolute Gasteiger partial charge is 0.0561 e. The molecule has 1 aliphatic rings. The molecule has 2 nitrogen and oxygen atoms in total. The average molecular weight is 811 g/mol. The lowest BCUT2D eigenvalue weighted by Gasteiger charge is -2.31. The summed E-state index contributed by atoms with van der Waals surface area (Å²) in [7, 11) is 0. The second-order valence-electron chi connectivity index (χ2n) is 16.9. The lowest BCUT2D eigenvalue weighted by atomic mass is 9.82. The Bertz CT molecular complexity index is 3480. The molecule has 10 aromatic carbocycles. The maximum Gasteiger partial charge on any atom is 0.0561 e. The third-order valence-corrected chi connectivity index (χ3v) is 14.2. The maximum absolute atomic E-state index is 2.46. The molecule has 1 aliphatic carbocycles. The van der Waals surface area contributed by atoms with Crippen molar-refractivity contribution in [1.29, 1.82) is 0 Å². The SMILES string of the molecule is CC1(C)c2ccccc2-c2cc(N(c3ccccc3)c3cc(N(c4ccccc4)c4ccc(-c5ccccc5)cc4)c4ccc5ccc6c7ccccc7sc6c5c4c3)ccc21. The zero-order chi connectivity index (χ0) is 41.4. The van der Waals surface area contributed by atoms with Gasteiger partial charge in [-0.25, -0.2) is 0 Å². The quantitative estimate of drug-likeness (QED) is 0.148. The molecule has 0 aliphatic heterocycles. The normalized spacial score (nSPS) is 12.8. The van der Waals surface area contributed by atoms with Crippen molar-refractivity contribution in [3.05, 3.63) is 230 Å². The first-order valence-electron chi connectivity index (χ1n) is 21.4. The van der Waals surface area contributed by atoms with E-state index < -0.39 is 0 Å². The van der Waals surface area contributed by atoms with Gasteiger partial charge in [-0.2, -0.15) is 0 Å². The third kappa shape index (κ3) is 5.77. The highest BCUT2D eigenvalue weighted by molar-refractivity contribution is 7.26. The number of anilines is 6. The highest BCUT2D eigenvalue weighted by Gasteiger charge is 2.35. The molecule has 3 heteroatoms. The molecular weight excluding hydrogens is 769 g/mol. The fraction of sp³-hybridized carbons (Fsp3) is 0.0508. The first-order chi connectivity index (χ1) is 30.5. The number of para-hydroxylation sites is 2. The molecule has 294 valence electrons. The zero-order valence-corrected chi connectivity index (χ0v) is 35.4. The molecule has 1 aromatic heterocycles. The van der Waals surface area contributed by atoms with Crippen LogP contribution in [0.3, 0.4) is 0 Å². The molecular formula is C59H42N2S. The summed E-state index contributed by atoms with van der Waals surface area (Å²) in [6, 6.07) is 80.4. The lowest BCUT2D eigenvalue weighted by molar-refractivity contribution is 0.660. The third-order valence-electron chi connectivity index (χ3n) is 13.0. The van der Waals surface area contributed by atoms with Crippen LogP contribution in [0.25, 0.3) is 64.0 Å². The first kappa shape index (κ1) is 36.4. The Labute approximate surface area is 366 Å². The number of hydrogen-bond acceptors (Lipinski definition) is 3. The average Bonchev–Trinajstić information content (AvgIpc) is 3.82. The highest BCUT2D eigenvalue weighted by Crippen LogP contribution is 2.52. The summed E-state index contributed by atoms with van der Waals surface area (Å²) in [6.07, 6.45) is 0. The summed E-state index contributed by atoms with van der Waals surface area (Å²) in [5.41, 5.74) is 14.3. The van der Waals surface area contributed by atoms with Gasteiger partial charge in [-0.1, -0.05) is 166 Å². The molecule has 0 saturated heterocycles. The van der Waals surface area contributed by atoms with Gasteiger partial charge in [-0.3, -0.25) is 0 Å². The fourth-order valence-corrected chi connectivity index (χ4v) is 11.3. The predicted molar refractivity (Wildman–Crippen MR) is 267 cm³/mol. The minimum atomic E-state index is -0.0844. The van der Waals surface area contributed by atoms with Crippen molar-refractivity contribution >= 4 is 87.2 Å². The topological polar surface area (TPSA) is 6.48 Å². The lowest BCUT2D eigenvalue weighted by Crippen LogP contribution is -2.16. The molecule has 12 rings (SSSR count). The van der Waals surface area contributed by atoms with Gasteiger partial charge >= 0.3 is 0 Å². The van der Waals surface area contributed by atoms with E-state index >= 15 is 0 Å². The van der Waals surface area contributed by atoms with Crippen LogP contribution in [0.2, 0.25) is 0 Å². The summed E-state index contributed by atoms with van der Waals surface area (Å²) in [6.45, 7) is 4.71. The van der Waals surface area contributed by atoms with E-state index in [0.717, 1.165) is 34.1 Å². The molecule has 0 unspecified atom stereocenters. The van der Waals surface area contributed by atoms with Gasteiger partial charge in [-0.15, -0.1) is 11.3 Å². The van der Waals surface area contributed by atoms with E-state index in [-0.39, 0.29) is 5.41 Å². The van der Waals surface area contributed by atoms with Gasteiger partial charge in [0.05, 0.1) is 5.69 Å². The zero-order valence-electron chi connectivity index (χ0n) is 34.6. The summed E-state index contributed by atoms with van der Waals surface area (Å²) >= 11 is 1.90. The van der Waals surface area contributed by atoms with Crippen LogP contribution in [0.5, 0.6) is 0 Å². The van der Waals surface area contributed by atoms with E-state index in [0.29, 0.717) is 0 Å². The van der Waals surface area contributed by atoms with Gasteiger partial charge in [0, 0.05) is 64.8 Å². The largest absolute Gasteiger partial charge is 0.310 e.